The highest BCUT2D eigenvalue weighted by atomic mass is 16.2. The molecular weight excluding hydrogens is 180 g/mol. The second-order valence-corrected chi connectivity index (χ2v) is 3.21. The summed E-state index contributed by atoms with van der Waals surface area (Å²) < 4.78 is 0. The number of Topliss-reactive ketones (excluding diaryl/α,β-unsaturated/α-hetero) is 1. The van der Waals surface area contributed by atoms with Crippen LogP contribution in [0.3, 0.4) is 0 Å². The van der Waals surface area contributed by atoms with E-state index in [0.29, 0.717) is 11.3 Å². The van der Waals surface area contributed by atoms with Crippen LogP contribution in [0, 0.1) is 0 Å². The monoisotopic (exact) mass is 186 g/mol. The van der Waals surface area contributed by atoms with Crippen molar-refractivity contribution in [3.05, 3.63) is 30.0 Å². The SMILES string of the molecule is O=C1Nc2c(ccc3[nH]ccc23)C1=O. The number of carbonyl (C=O) groups excluding carboxylic acids is 2. The lowest BCUT2D eigenvalue weighted by Crippen LogP contribution is -2.12. The van der Waals surface area contributed by atoms with Gasteiger partial charge in [0, 0.05) is 17.1 Å². The van der Waals surface area contributed by atoms with Crippen molar-refractivity contribution in [1.82, 2.24) is 4.98 Å². The summed E-state index contributed by atoms with van der Waals surface area (Å²) in [6.07, 6.45) is 1.78. The Morgan fingerprint density at radius 1 is 1.07 bits per heavy atom. The molecule has 2 N–H and O–H groups in total. The number of benzene rings is 1. The summed E-state index contributed by atoms with van der Waals surface area (Å²) in [5.41, 5.74) is 2.00. The summed E-state index contributed by atoms with van der Waals surface area (Å²) >= 11 is 0. The van der Waals surface area contributed by atoms with Crippen LogP contribution in [0.2, 0.25) is 0 Å². The van der Waals surface area contributed by atoms with Crippen LogP contribution >= 0.6 is 0 Å². The number of aromatic nitrogens is 1. The molecule has 0 aliphatic carbocycles. The topological polar surface area (TPSA) is 62.0 Å². The van der Waals surface area contributed by atoms with Gasteiger partial charge < -0.3 is 10.3 Å². The van der Waals surface area contributed by atoms with Gasteiger partial charge in [0.25, 0.3) is 11.7 Å². The van der Waals surface area contributed by atoms with Crippen molar-refractivity contribution in [2.45, 2.75) is 0 Å². The van der Waals surface area contributed by atoms with Crippen molar-refractivity contribution < 1.29 is 9.59 Å². The molecule has 0 saturated carbocycles. The number of anilines is 1. The number of H-pyrrole nitrogens is 1. The Balaban J connectivity index is 2.44. The summed E-state index contributed by atoms with van der Waals surface area (Å²) in [7, 11) is 0. The minimum Gasteiger partial charge on any atom is -0.361 e. The Kier molecular flexibility index (Phi) is 1.16. The van der Waals surface area contributed by atoms with Gasteiger partial charge in [-0.25, -0.2) is 0 Å². The third-order valence-corrected chi connectivity index (χ3v) is 2.42. The van der Waals surface area contributed by atoms with Crippen LogP contribution in [-0.4, -0.2) is 16.7 Å². The second-order valence-electron chi connectivity index (χ2n) is 3.21. The van der Waals surface area contributed by atoms with E-state index in [1.54, 1.807) is 18.3 Å². The van der Waals surface area contributed by atoms with Crippen molar-refractivity contribution in [3.63, 3.8) is 0 Å². The predicted octanol–water partition coefficient (Wildman–Crippen LogP) is 1.30. The van der Waals surface area contributed by atoms with Crippen LogP contribution < -0.4 is 5.32 Å². The molecule has 0 radical (unpaired) electrons. The summed E-state index contributed by atoms with van der Waals surface area (Å²) in [5.74, 6) is -1.00. The smallest absolute Gasteiger partial charge is 0.296 e. The number of fused-ring (bicyclic) bond motifs is 3. The standard InChI is InChI=1S/C10H6N2O2/c13-9-6-1-2-7-5(3-4-11-7)8(6)12-10(9)14/h1-4,11H,(H,12,13,14). The zero-order chi connectivity index (χ0) is 9.71. The zero-order valence-corrected chi connectivity index (χ0v) is 7.13. The summed E-state index contributed by atoms with van der Waals surface area (Å²) in [6, 6.07) is 5.30. The Labute approximate surface area is 78.9 Å². The fourth-order valence-electron chi connectivity index (χ4n) is 1.75. The molecule has 2 aromatic rings. The first-order chi connectivity index (χ1) is 6.77. The van der Waals surface area contributed by atoms with E-state index in [1.165, 1.54) is 0 Å². The molecule has 1 aliphatic rings. The molecule has 1 aliphatic heterocycles. The van der Waals surface area contributed by atoms with Crippen molar-refractivity contribution in [2.75, 3.05) is 5.32 Å². The highest BCUT2D eigenvalue weighted by Crippen LogP contribution is 2.31. The summed E-state index contributed by atoms with van der Waals surface area (Å²) in [4.78, 5) is 25.5. The van der Waals surface area contributed by atoms with E-state index in [1.807, 2.05) is 6.07 Å². The maximum absolute atomic E-state index is 11.3. The zero-order valence-electron chi connectivity index (χ0n) is 7.13. The lowest BCUT2D eigenvalue weighted by molar-refractivity contribution is -0.112. The third kappa shape index (κ3) is 0.724. The fraction of sp³-hybridized carbons (Fsp3) is 0. The number of nitrogens with one attached hydrogen (secondary N) is 2. The van der Waals surface area contributed by atoms with E-state index in [2.05, 4.69) is 10.3 Å². The molecule has 4 heteroatoms. The van der Waals surface area contributed by atoms with Gasteiger partial charge in [-0.2, -0.15) is 0 Å². The van der Waals surface area contributed by atoms with Crippen molar-refractivity contribution in [3.8, 4) is 0 Å². The number of carbonyl (C=O) groups is 2. The highest BCUT2D eigenvalue weighted by Gasteiger charge is 2.29. The molecule has 0 bridgehead atoms. The van der Waals surface area contributed by atoms with E-state index in [-0.39, 0.29) is 0 Å². The van der Waals surface area contributed by atoms with Gasteiger partial charge in [-0.05, 0) is 18.2 Å². The Bertz CT molecular complexity index is 569. The van der Waals surface area contributed by atoms with E-state index < -0.39 is 11.7 Å². The van der Waals surface area contributed by atoms with Crippen LogP contribution in [-0.2, 0) is 4.79 Å². The fourth-order valence-corrected chi connectivity index (χ4v) is 1.75. The van der Waals surface area contributed by atoms with Gasteiger partial charge in [0.15, 0.2) is 0 Å². The van der Waals surface area contributed by atoms with Crippen molar-refractivity contribution in [2.24, 2.45) is 0 Å². The molecule has 0 atom stereocenters. The van der Waals surface area contributed by atoms with E-state index in [9.17, 15) is 9.59 Å². The minimum atomic E-state index is -0.547. The Hall–Kier alpha value is -2.10. The van der Waals surface area contributed by atoms with Gasteiger partial charge in [-0.3, -0.25) is 9.59 Å². The van der Waals surface area contributed by atoms with Gasteiger partial charge in [0.2, 0.25) is 0 Å². The summed E-state index contributed by atoms with van der Waals surface area (Å²) in [6.45, 7) is 0. The molecule has 14 heavy (non-hydrogen) atoms. The van der Waals surface area contributed by atoms with Crippen LogP contribution in [0.5, 0.6) is 0 Å². The maximum Gasteiger partial charge on any atom is 0.296 e. The molecule has 0 fully saturated rings. The lowest BCUT2D eigenvalue weighted by Gasteiger charge is -1.97. The average Bonchev–Trinajstić information content (AvgIpc) is 2.73. The lowest BCUT2D eigenvalue weighted by atomic mass is 10.1. The number of ketones is 1. The quantitative estimate of drug-likeness (QED) is 0.609. The first-order valence-corrected chi connectivity index (χ1v) is 4.23. The molecule has 0 saturated heterocycles. The van der Waals surface area contributed by atoms with Crippen LogP contribution in [0.25, 0.3) is 10.9 Å². The summed E-state index contributed by atoms with van der Waals surface area (Å²) in [5, 5.41) is 3.44. The van der Waals surface area contributed by atoms with Gasteiger partial charge in [-0.1, -0.05) is 0 Å². The van der Waals surface area contributed by atoms with E-state index in [4.69, 9.17) is 0 Å². The molecule has 68 valence electrons. The van der Waals surface area contributed by atoms with Crippen molar-refractivity contribution in [1.29, 1.82) is 0 Å². The predicted molar refractivity (Wildman–Crippen MR) is 51.3 cm³/mol. The largest absolute Gasteiger partial charge is 0.361 e. The minimum absolute atomic E-state index is 0.455. The van der Waals surface area contributed by atoms with Gasteiger partial charge in [0.1, 0.15) is 0 Å². The number of amides is 1. The number of aromatic amines is 1. The molecule has 3 rings (SSSR count). The van der Waals surface area contributed by atoms with Crippen LogP contribution in [0.4, 0.5) is 5.69 Å². The maximum atomic E-state index is 11.3. The molecule has 0 unspecified atom stereocenters. The van der Waals surface area contributed by atoms with Crippen LogP contribution in [0.1, 0.15) is 10.4 Å². The molecule has 2 heterocycles. The highest BCUT2D eigenvalue weighted by molar-refractivity contribution is 6.52. The average molecular weight is 186 g/mol. The molecule has 4 nitrogen and oxygen atoms in total. The third-order valence-electron chi connectivity index (χ3n) is 2.42. The Morgan fingerprint density at radius 3 is 2.79 bits per heavy atom. The number of rotatable bonds is 0. The molecule has 0 spiro atoms. The molecule has 1 amide bonds. The second kappa shape index (κ2) is 2.23. The first kappa shape index (κ1) is 7.32. The van der Waals surface area contributed by atoms with E-state index in [0.717, 1.165) is 10.9 Å². The van der Waals surface area contributed by atoms with Gasteiger partial charge >= 0.3 is 0 Å². The van der Waals surface area contributed by atoms with Gasteiger partial charge in [0.05, 0.1) is 11.3 Å². The molecule has 1 aromatic carbocycles. The number of hydrogen-bond donors (Lipinski definition) is 2. The number of hydrogen-bond acceptors (Lipinski definition) is 2. The Morgan fingerprint density at radius 2 is 1.93 bits per heavy atom. The first-order valence-electron chi connectivity index (χ1n) is 4.23. The molecular formula is C10H6N2O2. The molecule has 1 aromatic heterocycles. The van der Waals surface area contributed by atoms with E-state index >= 15 is 0 Å². The van der Waals surface area contributed by atoms with Crippen LogP contribution in [0.15, 0.2) is 24.4 Å². The van der Waals surface area contributed by atoms with Crippen molar-refractivity contribution >= 4 is 28.3 Å². The normalized spacial score (nSPS) is 14.6. The van der Waals surface area contributed by atoms with Gasteiger partial charge in [-0.15, -0.1) is 0 Å².